The van der Waals surface area contributed by atoms with Gasteiger partial charge in [0.25, 0.3) is 0 Å². The van der Waals surface area contributed by atoms with Gasteiger partial charge in [-0.25, -0.2) is 0 Å². The van der Waals surface area contributed by atoms with Crippen LogP contribution in [0.1, 0.15) is 18.4 Å². The number of halogens is 2. The van der Waals surface area contributed by atoms with E-state index in [-0.39, 0.29) is 0 Å². The smallest absolute Gasteiger partial charge is 0.0410 e. The normalized spacial score (nSPS) is 15.4. The van der Waals surface area contributed by atoms with E-state index in [1.807, 2.05) is 18.2 Å². The first-order valence-electron chi connectivity index (χ1n) is 5.64. The van der Waals surface area contributed by atoms with Crippen molar-refractivity contribution < 1.29 is 0 Å². The van der Waals surface area contributed by atoms with E-state index in [4.69, 9.17) is 11.6 Å². The highest BCUT2D eigenvalue weighted by Crippen LogP contribution is 2.21. The largest absolute Gasteiger partial charge is 0.313 e. The first kappa shape index (κ1) is 12.4. The molecule has 2 rings (SSSR count). The molecule has 0 aromatic heterocycles. The first-order valence-corrected chi connectivity index (χ1v) is 6.81. The lowest BCUT2D eigenvalue weighted by Gasteiger charge is -2.08. The lowest BCUT2D eigenvalue weighted by molar-refractivity contribution is 0.608. The second kappa shape index (κ2) is 6.01. The van der Waals surface area contributed by atoms with E-state index in [9.17, 15) is 0 Å². The third-order valence-electron chi connectivity index (χ3n) is 2.64. The highest BCUT2D eigenvalue weighted by Gasteiger charge is 2.19. The van der Waals surface area contributed by atoms with Gasteiger partial charge in [0, 0.05) is 35.2 Å². The second-order valence-corrected chi connectivity index (χ2v) is 5.43. The predicted molar refractivity (Wildman–Crippen MR) is 71.9 cm³/mol. The molecule has 0 saturated heterocycles. The molecular formula is C12H16BrClN2. The van der Waals surface area contributed by atoms with Gasteiger partial charge in [-0.05, 0) is 36.6 Å². The van der Waals surface area contributed by atoms with Crippen LogP contribution in [0.25, 0.3) is 0 Å². The number of hydrogen-bond donors (Lipinski definition) is 2. The van der Waals surface area contributed by atoms with Crippen molar-refractivity contribution in [3.63, 3.8) is 0 Å². The Hall–Kier alpha value is -0.0900. The van der Waals surface area contributed by atoms with Gasteiger partial charge < -0.3 is 10.6 Å². The van der Waals surface area contributed by atoms with Crippen molar-refractivity contribution in [3.8, 4) is 0 Å². The zero-order valence-corrected chi connectivity index (χ0v) is 11.4. The van der Waals surface area contributed by atoms with Crippen LogP contribution in [0.2, 0.25) is 5.02 Å². The first-order chi connectivity index (χ1) is 7.75. The molecule has 0 unspecified atom stereocenters. The summed E-state index contributed by atoms with van der Waals surface area (Å²) < 4.78 is 1.11. The van der Waals surface area contributed by atoms with E-state index in [0.29, 0.717) is 0 Å². The Balaban J connectivity index is 1.69. The fraction of sp³-hybridized carbons (Fsp3) is 0.500. The maximum absolute atomic E-state index is 5.95. The quantitative estimate of drug-likeness (QED) is 0.790. The SMILES string of the molecule is Clc1ccc(Br)c(CNCCNC2CC2)c1. The zero-order valence-electron chi connectivity index (χ0n) is 9.10. The molecule has 0 spiro atoms. The van der Waals surface area contributed by atoms with Crippen LogP contribution >= 0.6 is 27.5 Å². The Morgan fingerprint density at radius 3 is 2.88 bits per heavy atom. The van der Waals surface area contributed by atoms with E-state index in [2.05, 4.69) is 26.6 Å². The molecule has 88 valence electrons. The van der Waals surface area contributed by atoms with Gasteiger partial charge in [-0.1, -0.05) is 27.5 Å². The van der Waals surface area contributed by atoms with Gasteiger partial charge in [0.05, 0.1) is 0 Å². The standard InChI is InChI=1S/C12H16BrClN2/c13-12-4-1-10(14)7-9(12)8-15-5-6-16-11-2-3-11/h1,4,7,11,15-16H,2-3,5-6,8H2. The van der Waals surface area contributed by atoms with Gasteiger partial charge in [-0.3, -0.25) is 0 Å². The molecule has 1 aromatic carbocycles. The number of benzene rings is 1. The monoisotopic (exact) mass is 302 g/mol. The van der Waals surface area contributed by atoms with Crippen LogP contribution in [-0.4, -0.2) is 19.1 Å². The Morgan fingerprint density at radius 1 is 1.31 bits per heavy atom. The molecule has 2 N–H and O–H groups in total. The minimum absolute atomic E-state index is 0.788. The average molecular weight is 304 g/mol. The van der Waals surface area contributed by atoms with Crippen LogP contribution in [0.15, 0.2) is 22.7 Å². The summed E-state index contributed by atoms with van der Waals surface area (Å²) in [4.78, 5) is 0. The molecule has 2 nitrogen and oxygen atoms in total. The molecule has 1 fully saturated rings. The van der Waals surface area contributed by atoms with Gasteiger partial charge in [-0.2, -0.15) is 0 Å². The molecule has 1 aliphatic carbocycles. The maximum Gasteiger partial charge on any atom is 0.0410 e. The van der Waals surface area contributed by atoms with Crippen molar-refractivity contribution in [2.45, 2.75) is 25.4 Å². The summed E-state index contributed by atoms with van der Waals surface area (Å²) in [7, 11) is 0. The summed E-state index contributed by atoms with van der Waals surface area (Å²) in [5.74, 6) is 0. The maximum atomic E-state index is 5.95. The van der Waals surface area contributed by atoms with Crippen LogP contribution in [0.4, 0.5) is 0 Å². The van der Waals surface area contributed by atoms with E-state index < -0.39 is 0 Å². The molecule has 0 radical (unpaired) electrons. The molecule has 0 heterocycles. The topological polar surface area (TPSA) is 24.1 Å². The average Bonchev–Trinajstić information content (AvgIpc) is 3.06. The van der Waals surface area contributed by atoms with Crippen LogP contribution < -0.4 is 10.6 Å². The number of hydrogen-bond acceptors (Lipinski definition) is 2. The van der Waals surface area contributed by atoms with Gasteiger partial charge >= 0.3 is 0 Å². The summed E-state index contributed by atoms with van der Waals surface area (Å²) in [6.45, 7) is 2.89. The molecule has 0 aliphatic heterocycles. The summed E-state index contributed by atoms with van der Waals surface area (Å²) in [6.07, 6.45) is 2.69. The minimum Gasteiger partial charge on any atom is -0.313 e. The Labute approximate surface area is 110 Å². The highest BCUT2D eigenvalue weighted by atomic mass is 79.9. The summed E-state index contributed by atoms with van der Waals surface area (Å²) >= 11 is 9.46. The van der Waals surface area contributed by atoms with Gasteiger partial charge in [0.1, 0.15) is 0 Å². The zero-order chi connectivity index (χ0) is 11.4. The summed E-state index contributed by atoms with van der Waals surface area (Å²) in [6, 6.07) is 6.66. The fourth-order valence-electron chi connectivity index (χ4n) is 1.55. The fourth-order valence-corrected chi connectivity index (χ4v) is 2.14. The van der Waals surface area contributed by atoms with E-state index in [1.165, 1.54) is 18.4 Å². The van der Waals surface area contributed by atoms with Crippen molar-refractivity contribution in [1.29, 1.82) is 0 Å². The molecular weight excluding hydrogens is 288 g/mol. The summed E-state index contributed by atoms with van der Waals surface area (Å²) in [5.41, 5.74) is 1.21. The second-order valence-electron chi connectivity index (χ2n) is 4.14. The molecule has 1 aromatic rings. The Morgan fingerprint density at radius 2 is 2.12 bits per heavy atom. The molecule has 1 aliphatic rings. The highest BCUT2D eigenvalue weighted by molar-refractivity contribution is 9.10. The summed E-state index contributed by atoms with van der Waals surface area (Å²) in [5, 5.41) is 7.66. The van der Waals surface area contributed by atoms with Crippen molar-refractivity contribution in [1.82, 2.24) is 10.6 Å². The molecule has 0 bridgehead atoms. The van der Waals surface area contributed by atoms with Crippen LogP contribution in [-0.2, 0) is 6.54 Å². The van der Waals surface area contributed by atoms with Gasteiger partial charge in [0.2, 0.25) is 0 Å². The molecule has 16 heavy (non-hydrogen) atoms. The predicted octanol–water partition coefficient (Wildman–Crippen LogP) is 2.94. The van der Waals surface area contributed by atoms with Crippen LogP contribution in [0.3, 0.4) is 0 Å². The molecule has 0 atom stereocenters. The number of rotatable bonds is 6. The molecule has 4 heteroatoms. The van der Waals surface area contributed by atoms with Gasteiger partial charge in [-0.15, -0.1) is 0 Å². The van der Waals surface area contributed by atoms with Gasteiger partial charge in [0.15, 0.2) is 0 Å². The molecule has 1 saturated carbocycles. The Bertz CT molecular complexity index is 353. The third-order valence-corrected chi connectivity index (χ3v) is 3.64. The molecule has 0 amide bonds. The van der Waals surface area contributed by atoms with Crippen molar-refractivity contribution in [2.75, 3.05) is 13.1 Å². The number of nitrogens with one attached hydrogen (secondary N) is 2. The lowest BCUT2D eigenvalue weighted by atomic mass is 10.2. The van der Waals surface area contributed by atoms with Crippen LogP contribution in [0, 0.1) is 0 Å². The van der Waals surface area contributed by atoms with Crippen molar-refractivity contribution in [2.24, 2.45) is 0 Å². The van der Waals surface area contributed by atoms with Crippen molar-refractivity contribution in [3.05, 3.63) is 33.3 Å². The van der Waals surface area contributed by atoms with E-state index >= 15 is 0 Å². The lowest BCUT2D eigenvalue weighted by Crippen LogP contribution is -2.28. The Kier molecular flexibility index (Phi) is 4.65. The minimum atomic E-state index is 0.788. The van der Waals surface area contributed by atoms with Crippen molar-refractivity contribution >= 4 is 27.5 Å². The van der Waals surface area contributed by atoms with E-state index in [0.717, 1.165) is 35.2 Å². The third kappa shape index (κ3) is 4.06. The van der Waals surface area contributed by atoms with Crippen LogP contribution in [0.5, 0.6) is 0 Å². The van der Waals surface area contributed by atoms with E-state index in [1.54, 1.807) is 0 Å².